The predicted molar refractivity (Wildman–Crippen MR) is 67.0 cm³/mol. The highest BCUT2D eigenvalue weighted by Crippen LogP contribution is 2.30. The molecule has 0 aromatic carbocycles. The lowest BCUT2D eigenvalue weighted by atomic mass is 9.88. The van der Waals surface area contributed by atoms with E-state index in [1.165, 1.54) is 6.42 Å². The third-order valence-electron chi connectivity index (χ3n) is 2.96. The molecular weight excluding hydrogens is 236 g/mol. The lowest BCUT2D eigenvalue weighted by Crippen LogP contribution is -2.12. The zero-order valence-corrected chi connectivity index (χ0v) is 11.0. The predicted octanol–water partition coefficient (Wildman–Crippen LogP) is 2.94. The molecule has 0 spiro atoms. The maximum atomic E-state index is 11.1. The molecule has 0 atom stereocenters. The van der Waals surface area contributed by atoms with Crippen molar-refractivity contribution < 1.29 is 9.32 Å². The molecule has 1 aromatic rings. The zero-order chi connectivity index (χ0) is 12.1. The molecule has 94 valence electrons. The smallest absolute Gasteiger partial charge is 0.229 e. The van der Waals surface area contributed by atoms with Crippen molar-refractivity contribution in [2.24, 2.45) is 0 Å². The van der Waals surface area contributed by atoms with E-state index in [1.807, 2.05) is 11.8 Å². The Morgan fingerprint density at radius 3 is 2.88 bits per heavy atom. The molecule has 1 aliphatic rings. The molecule has 0 radical (unpaired) electrons. The van der Waals surface area contributed by atoms with Crippen molar-refractivity contribution in [3.63, 3.8) is 0 Å². The highest BCUT2D eigenvalue weighted by Gasteiger charge is 2.24. The SMILES string of the molecule is CCCSCc1noc(C2CCC(=O)CC2)n1. The quantitative estimate of drug-likeness (QED) is 0.756. The van der Waals surface area contributed by atoms with Crippen molar-refractivity contribution in [2.75, 3.05) is 5.75 Å². The van der Waals surface area contributed by atoms with Crippen LogP contribution in [0.25, 0.3) is 0 Å². The maximum absolute atomic E-state index is 11.1. The molecule has 0 bridgehead atoms. The van der Waals surface area contributed by atoms with Gasteiger partial charge in [0.25, 0.3) is 0 Å². The van der Waals surface area contributed by atoms with Crippen molar-refractivity contribution in [1.82, 2.24) is 10.1 Å². The summed E-state index contributed by atoms with van der Waals surface area (Å²) in [4.78, 5) is 15.6. The molecular formula is C12H18N2O2S. The minimum Gasteiger partial charge on any atom is -0.339 e. The summed E-state index contributed by atoms with van der Waals surface area (Å²) in [7, 11) is 0. The Morgan fingerprint density at radius 1 is 1.41 bits per heavy atom. The molecule has 0 amide bonds. The Balaban J connectivity index is 1.87. The van der Waals surface area contributed by atoms with E-state index in [-0.39, 0.29) is 0 Å². The standard InChI is InChI=1S/C12H18N2O2S/c1-2-7-17-8-11-13-12(16-14-11)9-3-5-10(15)6-4-9/h9H,2-8H2,1H3. The number of thioether (sulfide) groups is 1. The Kier molecular flexibility index (Phi) is 4.59. The monoisotopic (exact) mass is 254 g/mol. The van der Waals surface area contributed by atoms with Crippen LogP contribution in [0, 0.1) is 0 Å². The molecule has 5 heteroatoms. The van der Waals surface area contributed by atoms with Crippen LogP contribution in [0.3, 0.4) is 0 Å². The Morgan fingerprint density at radius 2 is 2.18 bits per heavy atom. The summed E-state index contributed by atoms with van der Waals surface area (Å²) >= 11 is 1.83. The van der Waals surface area contributed by atoms with Crippen molar-refractivity contribution in [3.8, 4) is 0 Å². The molecule has 17 heavy (non-hydrogen) atoms. The molecule has 0 unspecified atom stereocenters. The summed E-state index contributed by atoms with van der Waals surface area (Å²) < 4.78 is 5.28. The molecule has 1 aromatic heterocycles. The van der Waals surface area contributed by atoms with E-state index in [0.717, 1.165) is 36.1 Å². The van der Waals surface area contributed by atoms with E-state index in [4.69, 9.17) is 4.52 Å². The van der Waals surface area contributed by atoms with Gasteiger partial charge < -0.3 is 4.52 Å². The van der Waals surface area contributed by atoms with E-state index in [1.54, 1.807) is 0 Å². The molecule has 0 saturated heterocycles. The van der Waals surface area contributed by atoms with Crippen molar-refractivity contribution in [2.45, 2.75) is 50.7 Å². The molecule has 1 aliphatic carbocycles. The largest absolute Gasteiger partial charge is 0.339 e. The first-order valence-electron chi connectivity index (χ1n) is 6.21. The van der Waals surface area contributed by atoms with Crippen LogP contribution in [0.1, 0.15) is 56.7 Å². The number of nitrogens with zero attached hydrogens (tertiary/aromatic N) is 2. The first kappa shape index (κ1) is 12.6. The number of hydrogen-bond donors (Lipinski definition) is 0. The van der Waals surface area contributed by atoms with Gasteiger partial charge in [-0.25, -0.2) is 0 Å². The average Bonchev–Trinajstić information content (AvgIpc) is 2.79. The number of carbonyl (C=O) groups excluding carboxylic acids is 1. The van der Waals surface area contributed by atoms with Gasteiger partial charge >= 0.3 is 0 Å². The van der Waals surface area contributed by atoms with Gasteiger partial charge in [0.1, 0.15) is 5.78 Å². The second-order valence-corrected chi connectivity index (χ2v) is 5.52. The number of rotatable bonds is 5. The first-order chi connectivity index (χ1) is 8.29. The van der Waals surface area contributed by atoms with E-state index in [2.05, 4.69) is 17.1 Å². The number of carbonyl (C=O) groups is 1. The van der Waals surface area contributed by atoms with Gasteiger partial charge in [0.05, 0.1) is 5.75 Å². The number of ketones is 1. The van der Waals surface area contributed by atoms with Gasteiger partial charge in [-0.05, 0) is 25.0 Å². The minimum atomic E-state index is 0.296. The van der Waals surface area contributed by atoms with Gasteiger partial charge in [-0.2, -0.15) is 16.7 Å². The maximum Gasteiger partial charge on any atom is 0.229 e. The molecule has 1 saturated carbocycles. The van der Waals surface area contributed by atoms with Gasteiger partial charge in [0.15, 0.2) is 5.82 Å². The highest BCUT2D eigenvalue weighted by molar-refractivity contribution is 7.98. The number of hydrogen-bond acceptors (Lipinski definition) is 5. The van der Waals surface area contributed by atoms with Gasteiger partial charge in [-0.1, -0.05) is 12.1 Å². The fourth-order valence-electron chi connectivity index (χ4n) is 1.99. The van der Waals surface area contributed by atoms with Crippen molar-refractivity contribution in [3.05, 3.63) is 11.7 Å². The van der Waals surface area contributed by atoms with E-state index >= 15 is 0 Å². The number of Topliss-reactive ketones (excluding diaryl/α,β-unsaturated/α-hetero) is 1. The molecule has 0 N–H and O–H groups in total. The van der Waals surface area contributed by atoms with Crippen LogP contribution in [0.15, 0.2) is 4.52 Å². The van der Waals surface area contributed by atoms with Crippen molar-refractivity contribution in [1.29, 1.82) is 0 Å². The lowest BCUT2D eigenvalue weighted by Gasteiger charge is -2.16. The summed E-state index contributed by atoms with van der Waals surface area (Å²) in [5.41, 5.74) is 0. The van der Waals surface area contributed by atoms with E-state index in [9.17, 15) is 4.79 Å². The fraction of sp³-hybridized carbons (Fsp3) is 0.750. The van der Waals surface area contributed by atoms with Crippen LogP contribution in [0.4, 0.5) is 0 Å². The van der Waals surface area contributed by atoms with Gasteiger partial charge in [-0.3, -0.25) is 4.79 Å². The Labute approximate surface area is 106 Å². The molecule has 0 aliphatic heterocycles. The van der Waals surface area contributed by atoms with Crippen LogP contribution >= 0.6 is 11.8 Å². The van der Waals surface area contributed by atoms with Crippen LogP contribution in [0.5, 0.6) is 0 Å². The van der Waals surface area contributed by atoms with Gasteiger partial charge in [0, 0.05) is 18.8 Å². The summed E-state index contributed by atoms with van der Waals surface area (Å²) in [5.74, 6) is 4.12. The van der Waals surface area contributed by atoms with Crippen LogP contribution in [-0.2, 0) is 10.5 Å². The average molecular weight is 254 g/mol. The second kappa shape index (κ2) is 6.19. The topological polar surface area (TPSA) is 56.0 Å². The first-order valence-corrected chi connectivity index (χ1v) is 7.37. The lowest BCUT2D eigenvalue weighted by molar-refractivity contribution is -0.120. The van der Waals surface area contributed by atoms with E-state index < -0.39 is 0 Å². The third-order valence-corrected chi connectivity index (χ3v) is 4.12. The molecule has 4 nitrogen and oxygen atoms in total. The summed E-state index contributed by atoms with van der Waals surface area (Å²) in [6, 6.07) is 0. The molecule has 2 rings (SSSR count). The summed E-state index contributed by atoms with van der Waals surface area (Å²) in [6.07, 6.45) is 4.21. The Hall–Kier alpha value is -0.840. The summed E-state index contributed by atoms with van der Waals surface area (Å²) in [5, 5.41) is 3.99. The minimum absolute atomic E-state index is 0.296. The summed E-state index contributed by atoms with van der Waals surface area (Å²) in [6.45, 7) is 2.16. The number of aromatic nitrogens is 2. The van der Waals surface area contributed by atoms with Gasteiger partial charge in [0.2, 0.25) is 5.89 Å². The van der Waals surface area contributed by atoms with Gasteiger partial charge in [-0.15, -0.1) is 0 Å². The second-order valence-electron chi connectivity index (χ2n) is 4.41. The van der Waals surface area contributed by atoms with Crippen LogP contribution < -0.4 is 0 Å². The Bertz CT molecular complexity index is 368. The van der Waals surface area contributed by atoms with Crippen LogP contribution in [-0.4, -0.2) is 21.7 Å². The van der Waals surface area contributed by atoms with E-state index in [0.29, 0.717) is 24.5 Å². The third kappa shape index (κ3) is 3.56. The fourth-order valence-corrected chi connectivity index (χ4v) is 2.72. The van der Waals surface area contributed by atoms with Crippen molar-refractivity contribution >= 4 is 17.5 Å². The normalized spacial score (nSPS) is 17.6. The molecule has 1 fully saturated rings. The zero-order valence-electron chi connectivity index (χ0n) is 10.1. The van der Waals surface area contributed by atoms with Crippen LogP contribution in [0.2, 0.25) is 0 Å². The highest BCUT2D eigenvalue weighted by atomic mass is 32.2. The molecule has 1 heterocycles.